The number of carboxylic acid groups (broad SMARTS) is 2. The van der Waals surface area contributed by atoms with Gasteiger partial charge in [0.05, 0.1) is 32.1 Å². The van der Waals surface area contributed by atoms with Gasteiger partial charge in [-0.2, -0.15) is 0 Å². The second-order valence-electron chi connectivity index (χ2n) is 17.9. The summed E-state index contributed by atoms with van der Waals surface area (Å²) in [7, 11) is 0. The van der Waals surface area contributed by atoms with Crippen LogP contribution in [0, 0.1) is 17.8 Å². The average Bonchev–Trinajstić information content (AvgIpc) is 3.28. The number of nitrogens with two attached hydrogens (primary N) is 1. The number of benzene rings is 1. The number of primary amides is 1. The Morgan fingerprint density at radius 3 is 1.54 bits per heavy atom. The number of phenolic OH excluding ortho intramolecular Hbond substituents is 1. The zero-order chi connectivity index (χ0) is 55.2. The van der Waals surface area contributed by atoms with E-state index in [0.717, 1.165) is 13.8 Å². The van der Waals surface area contributed by atoms with Gasteiger partial charge in [-0.1, -0.05) is 60.1 Å². The molecule has 27 nitrogen and oxygen atoms in total. The van der Waals surface area contributed by atoms with Crippen LogP contribution in [-0.2, 0) is 64.0 Å². The standard InChI is InChI=1S/C45H70N10O17/c1-9-22(6)36(43(69)50-28(16-32(46)60)40(66)49-29(17-34(62)63)41(67)51-30(45(71)72)14-20(2)3)55-42(68)35(21(4)5)54-44(70)37(23(7)57)53-33(61)18-47-38(64)31(19-56)52-39(65)27(48-24(8)58)15-25-10-12-26(59)13-11-25/h10-13,20-23,27-31,35-37,56-57,59H,9,14-19H2,1-8H3,(H2,46,60)(H,47,64)(H,48,58)(H,49,66)(H,50,69)(H,51,67)(H,52,65)(H,53,61)(H,54,70)(H,55,68)(H,62,63)(H,71,72)/t22-,23-,27+,28+,29+,30+,31+,35+,36+,37+/m1/s1. The van der Waals surface area contributed by atoms with Gasteiger partial charge in [0.25, 0.3) is 0 Å². The third-order valence-corrected chi connectivity index (χ3v) is 10.8. The summed E-state index contributed by atoms with van der Waals surface area (Å²) in [5.41, 5.74) is 5.88. The predicted molar refractivity (Wildman–Crippen MR) is 252 cm³/mol. The van der Waals surface area contributed by atoms with Crippen LogP contribution in [0.25, 0.3) is 0 Å². The van der Waals surface area contributed by atoms with E-state index < -0.39 is 163 Å². The SMILES string of the molecule is CC[C@@H](C)[C@H](NC(=O)[C@@H](NC(=O)[C@@H](NC(=O)CNC(=O)[C@H](CO)NC(=O)[C@H](Cc1ccc(O)cc1)NC(C)=O)[C@@H](C)O)C(C)C)C(=O)N[C@@H](CC(N)=O)C(=O)N[C@@H](CC(=O)O)C(=O)N[C@@H](CC(C)C)C(=O)O. The molecule has 0 heterocycles. The average molecular weight is 1020 g/mol. The van der Waals surface area contributed by atoms with E-state index in [0.29, 0.717) is 5.56 Å². The first-order chi connectivity index (χ1) is 33.5. The zero-order valence-electron chi connectivity index (χ0n) is 41.4. The number of aliphatic hydroxyl groups excluding tert-OH is 2. The summed E-state index contributed by atoms with van der Waals surface area (Å²) < 4.78 is 0. The quantitative estimate of drug-likeness (QED) is 0.0333. The molecule has 0 bridgehead atoms. The molecule has 16 N–H and O–H groups in total. The van der Waals surface area contributed by atoms with Crippen LogP contribution in [0.15, 0.2) is 24.3 Å². The Labute approximate surface area is 415 Å². The molecular formula is C45H70N10O17. The van der Waals surface area contributed by atoms with Crippen molar-refractivity contribution in [2.45, 2.75) is 142 Å². The number of nitrogens with one attached hydrogen (secondary N) is 9. The van der Waals surface area contributed by atoms with Crippen LogP contribution in [0.5, 0.6) is 5.75 Å². The summed E-state index contributed by atoms with van der Waals surface area (Å²) in [6.07, 6.45) is -3.42. The van der Waals surface area contributed by atoms with Gasteiger partial charge in [-0.25, -0.2) is 4.79 Å². The molecule has 0 saturated heterocycles. The third-order valence-electron chi connectivity index (χ3n) is 10.8. The maximum absolute atomic E-state index is 13.9. The molecule has 10 amide bonds. The number of carbonyl (C=O) groups excluding carboxylic acids is 10. The largest absolute Gasteiger partial charge is 0.508 e. The monoisotopic (exact) mass is 1020 g/mol. The van der Waals surface area contributed by atoms with Gasteiger partial charge in [0.2, 0.25) is 59.1 Å². The van der Waals surface area contributed by atoms with Gasteiger partial charge in [0.1, 0.15) is 54.1 Å². The Bertz CT molecular complexity index is 2100. The molecule has 402 valence electrons. The highest BCUT2D eigenvalue weighted by Gasteiger charge is 2.37. The van der Waals surface area contributed by atoms with Gasteiger partial charge in [0, 0.05) is 13.3 Å². The van der Waals surface area contributed by atoms with Crippen LogP contribution in [0.1, 0.15) is 86.6 Å². The topological polar surface area (TPSA) is 440 Å². The molecule has 1 rings (SSSR count). The van der Waals surface area contributed by atoms with Crippen molar-refractivity contribution in [2.24, 2.45) is 23.5 Å². The van der Waals surface area contributed by atoms with Gasteiger partial charge in [0.15, 0.2) is 0 Å². The van der Waals surface area contributed by atoms with E-state index >= 15 is 0 Å². The van der Waals surface area contributed by atoms with E-state index in [1.54, 1.807) is 20.8 Å². The first-order valence-electron chi connectivity index (χ1n) is 23.0. The van der Waals surface area contributed by atoms with E-state index in [1.165, 1.54) is 45.0 Å². The molecule has 1 aromatic rings. The summed E-state index contributed by atoms with van der Waals surface area (Å²) >= 11 is 0. The van der Waals surface area contributed by atoms with Crippen LogP contribution in [0.3, 0.4) is 0 Å². The molecule has 27 heteroatoms. The molecule has 0 radical (unpaired) electrons. The summed E-state index contributed by atoms with van der Waals surface area (Å²) in [6, 6.07) is -7.03. The van der Waals surface area contributed by atoms with Crippen molar-refractivity contribution in [1.29, 1.82) is 0 Å². The molecule has 0 aliphatic heterocycles. The lowest BCUT2D eigenvalue weighted by Crippen LogP contribution is -2.62. The fourth-order valence-electron chi connectivity index (χ4n) is 6.73. The van der Waals surface area contributed by atoms with E-state index in [1.807, 2.05) is 0 Å². The molecular weight excluding hydrogens is 953 g/mol. The van der Waals surface area contributed by atoms with Crippen molar-refractivity contribution in [3.05, 3.63) is 29.8 Å². The number of rotatable bonds is 31. The second kappa shape index (κ2) is 30.3. The smallest absolute Gasteiger partial charge is 0.326 e. The minimum absolute atomic E-state index is 0.0424. The number of aliphatic hydroxyl groups is 2. The maximum atomic E-state index is 13.9. The number of carboxylic acids is 2. The van der Waals surface area contributed by atoms with Crippen molar-refractivity contribution in [1.82, 2.24) is 47.9 Å². The Balaban J connectivity index is 3.18. The lowest BCUT2D eigenvalue weighted by atomic mass is 9.95. The van der Waals surface area contributed by atoms with Crippen LogP contribution in [-0.4, -0.2) is 164 Å². The predicted octanol–water partition coefficient (Wildman–Crippen LogP) is -4.49. The van der Waals surface area contributed by atoms with Crippen molar-refractivity contribution in [3.8, 4) is 5.75 Å². The van der Waals surface area contributed by atoms with E-state index in [-0.39, 0.29) is 30.9 Å². The number of aliphatic carboxylic acids is 2. The molecule has 0 saturated carbocycles. The fraction of sp³-hybridized carbons (Fsp3) is 0.600. The van der Waals surface area contributed by atoms with Gasteiger partial charge in [-0.3, -0.25) is 52.7 Å². The lowest BCUT2D eigenvalue weighted by molar-refractivity contribution is -0.144. The number of phenols is 1. The van der Waals surface area contributed by atoms with Crippen molar-refractivity contribution in [2.75, 3.05) is 13.2 Å². The number of hydrogen-bond acceptors (Lipinski definition) is 15. The molecule has 1 aromatic carbocycles. The van der Waals surface area contributed by atoms with E-state index in [4.69, 9.17) is 5.73 Å². The first-order valence-corrected chi connectivity index (χ1v) is 23.0. The molecule has 0 aliphatic carbocycles. The molecule has 0 spiro atoms. The number of hydrogen-bond donors (Lipinski definition) is 15. The lowest BCUT2D eigenvalue weighted by Gasteiger charge is -2.30. The van der Waals surface area contributed by atoms with Crippen LogP contribution in [0.4, 0.5) is 0 Å². The third kappa shape index (κ3) is 22.1. The Morgan fingerprint density at radius 1 is 0.583 bits per heavy atom. The van der Waals surface area contributed by atoms with Crippen molar-refractivity contribution >= 4 is 71.0 Å². The van der Waals surface area contributed by atoms with Gasteiger partial charge < -0.3 is 79.1 Å². The first kappa shape index (κ1) is 62.6. The molecule has 0 fully saturated rings. The van der Waals surface area contributed by atoms with Crippen LogP contribution in [0.2, 0.25) is 0 Å². The highest BCUT2D eigenvalue weighted by molar-refractivity contribution is 5.99. The molecule has 72 heavy (non-hydrogen) atoms. The number of aromatic hydroxyl groups is 1. The molecule has 0 aliphatic rings. The maximum Gasteiger partial charge on any atom is 0.326 e. The minimum atomic E-state index is -1.88. The van der Waals surface area contributed by atoms with Crippen molar-refractivity contribution < 1.29 is 83.1 Å². The van der Waals surface area contributed by atoms with E-state index in [9.17, 15) is 83.1 Å². The molecule has 10 atom stereocenters. The summed E-state index contributed by atoms with van der Waals surface area (Å²) in [6.45, 7) is 10.0. The summed E-state index contributed by atoms with van der Waals surface area (Å²) in [5.74, 6) is -15.0. The fourth-order valence-corrected chi connectivity index (χ4v) is 6.73. The molecule has 0 unspecified atom stereocenters. The highest BCUT2D eigenvalue weighted by atomic mass is 16.4. The summed E-state index contributed by atoms with van der Waals surface area (Å²) in [4.78, 5) is 154. The Kier molecular flexibility index (Phi) is 26.4. The zero-order valence-corrected chi connectivity index (χ0v) is 41.4. The summed E-state index contributed by atoms with van der Waals surface area (Å²) in [5, 5.41) is 69.6. The van der Waals surface area contributed by atoms with Crippen LogP contribution < -0.4 is 53.6 Å². The Morgan fingerprint density at radius 2 is 1.07 bits per heavy atom. The van der Waals surface area contributed by atoms with Gasteiger partial charge in [-0.05, 0) is 48.8 Å². The van der Waals surface area contributed by atoms with E-state index in [2.05, 4.69) is 47.9 Å². The Hall–Kier alpha value is -7.42. The molecule has 0 aromatic heterocycles. The van der Waals surface area contributed by atoms with Gasteiger partial charge >= 0.3 is 11.9 Å². The number of amides is 10. The second-order valence-corrected chi connectivity index (χ2v) is 17.9. The van der Waals surface area contributed by atoms with Gasteiger partial charge in [-0.15, -0.1) is 0 Å². The normalized spacial score (nSPS) is 15.2. The number of carbonyl (C=O) groups is 12. The van der Waals surface area contributed by atoms with Crippen LogP contribution >= 0.6 is 0 Å². The minimum Gasteiger partial charge on any atom is -0.508 e. The highest BCUT2D eigenvalue weighted by Crippen LogP contribution is 2.14. The van der Waals surface area contributed by atoms with Crippen molar-refractivity contribution in [3.63, 3.8) is 0 Å².